The van der Waals surface area contributed by atoms with Crippen LogP contribution in [-0.2, 0) is 11.2 Å². The molecule has 1 amide bonds. The fraction of sp³-hybridized carbons (Fsp3) is 0.421. The molecule has 1 aliphatic heterocycles. The van der Waals surface area contributed by atoms with Gasteiger partial charge in [0.1, 0.15) is 0 Å². The van der Waals surface area contributed by atoms with E-state index in [-0.39, 0.29) is 11.9 Å². The quantitative estimate of drug-likeness (QED) is 0.907. The Bertz CT molecular complexity index is 769. The molecule has 3 rings (SSSR count). The highest BCUT2D eigenvalue weighted by Gasteiger charge is 2.39. The summed E-state index contributed by atoms with van der Waals surface area (Å²) in [7, 11) is 0. The van der Waals surface area contributed by atoms with E-state index < -0.39 is 11.9 Å². The number of carbonyl (C=O) groups is 2. The summed E-state index contributed by atoms with van der Waals surface area (Å²) in [5.74, 6) is -1.46. The molecule has 132 valence electrons. The minimum atomic E-state index is -0.837. The van der Waals surface area contributed by atoms with Crippen LogP contribution < -0.4 is 0 Å². The lowest BCUT2D eigenvalue weighted by Crippen LogP contribution is -2.38. The number of aliphatic carboxylic acids is 1. The fourth-order valence-electron chi connectivity index (χ4n) is 3.53. The Morgan fingerprint density at radius 1 is 1.28 bits per heavy atom. The maximum atomic E-state index is 13.0. The summed E-state index contributed by atoms with van der Waals surface area (Å²) in [4.78, 5) is 26.0. The average molecular weight is 341 g/mol. The molecule has 25 heavy (non-hydrogen) atoms. The van der Waals surface area contributed by atoms with Crippen LogP contribution >= 0.6 is 0 Å². The molecule has 0 bridgehead atoms. The van der Waals surface area contributed by atoms with Crippen molar-refractivity contribution in [3.8, 4) is 5.69 Å². The van der Waals surface area contributed by atoms with Crippen molar-refractivity contribution in [2.75, 3.05) is 6.54 Å². The van der Waals surface area contributed by atoms with Crippen molar-refractivity contribution in [2.45, 2.75) is 39.2 Å². The maximum absolute atomic E-state index is 13.0. The van der Waals surface area contributed by atoms with Gasteiger partial charge in [-0.25, -0.2) is 4.68 Å². The van der Waals surface area contributed by atoms with Crippen LogP contribution in [0.2, 0.25) is 0 Å². The van der Waals surface area contributed by atoms with E-state index in [1.54, 1.807) is 11.1 Å². The number of carboxylic acid groups (broad SMARTS) is 1. The van der Waals surface area contributed by atoms with Gasteiger partial charge in [0.05, 0.1) is 29.1 Å². The molecule has 6 heteroatoms. The van der Waals surface area contributed by atoms with E-state index in [2.05, 4.69) is 12.0 Å². The highest BCUT2D eigenvalue weighted by Crippen LogP contribution is 2.27. The van der Waals surface area contributed by atoms with Gasteiger partial charge in [0.2, 0.25) is 0 Å². The number of nitrogens with zero attached hydrogens (tertiary/aromatic N) is 3. The van der Waals surface area contributed by atoms with E-state index in [4.69, 9.17) is 0 Å². The largest absolute Gasteiger partial charge is 0.481 e. The lowest BCUT2D eigenvalue weighted by atomic mass is 10.0. The number of rotatable bonds is 5. The van der Waals surface area contributed by atoms with Gasteiger partial charge in [-0.05, 0) is 31.9 Å². The number of hydrogen-bond acceptors (Lipinski definition) is 3. The first-order valence-electron chi connectivity index (χ1n) is 8.70. The molecule has 0 spiro atoms. The average Bonchev–Trinajstić information content (AvgIpc) is 3.19. The number of carbonyl (C=O) groups excluding carboxylic acids is 1. The van der Waals surface area contributed by atoms with Crippen LogP contribution in [0.15, 0.2) is 36.5 Å². The number of carboxylic acids is 1. The topological polar surface area (TPSA) is 75.4 Å². The summed E-state index contributed by atoms with van der Waals surface area (Å²) >= 11 is 0. The Kier molecular flexibility index (Phi) is 4.88. The first-order chi connectivity index (χ1) is 12.0. The maximum Gasteiger partial charge on any atom is 0.308 e. The molecule has 2 unspecified atom stereocenters. The molecule has 2 aromatic rings. The molecule has 0 saturated carbocycles. The first kappa shape index (κ1) is 17.2. The fourth-order valence-corrected chi connectivity index (χ4v) is 3.53. The van der Waals surface area contributed by atoms with Gasteiger partial charge in [0.25, 0.3) is 5.91 Å². The predicted octanol–water partition coefficient (Wildman–Crippen LogP) is 2.76. The third-order valence-corrected chi connectivity index (χ3v) is 4.92. The van der Waals surface area contributed by atoms with Crippen molar-refractivity contribution < 1.29 is 14.7 Å². The van der Waals surface area contributed by atoms with E-state index in [1.807, 2.05) is 41.9 Å². The molecule has 1 aromatic carbocycles. The minimum absolute atomic E-state index is 0.123. The van der Waals surface area contributed by atoms with Crippen LogP contribution in [0.25, 0.3) is 5.69 Å². The number of aromatic nitrogens is 2. The zero-order valence-corrected chi connectivity index (χ0v) is 14.6. The summed E-state index contributed by atoms with van der Waals surface area (Å²) in [6.45, 7) is 4.35. The molecule has 2 atom stereocenters. The van der Waals surface area contributed by atoms with Gasteiger partial charge >= 0.3 is 5.97 Å². The second-order valence-corrected chi connectivity index (χ2v) is 6.47. The minimum Gasteiger partial charge on any atom is -0.481 e. The van der Waals surface area contributed by atoms with Crippen LogP contribution in [0.4, 0.5) is 0 Å². The molecule has 1 fully saturated rings. The Morgan fingerprint density at radius 3 is 2.60 bits per heavy atom. The van der Waals surface area contributed by atoms with Gasteiger partial charge in [-0.15, -0.1) is 0 Å². The zero-order valence-electron chi connectivity index (χ0n) is 14.6. The van der Waals surface area contributed by atoms with E-state index >= 15 is 0 Å². The lowest BCUT2D eigenvalue weighted by Gasteiger charge is -2.23. The lowest BCUT2D eigenvalue weighted by molar-refractivity contribution is -0.142. The van der Waals surface area contributed by atoms with Gasteiger partial charge in [-0.2, -0.15) is 5.10 Å². The second-order valence-electron chi connectivity index (χ2n) is 6.47. The second kappa shape index (κ2) is 7.09. The molecule has 0 aliphatic carbocycles. The van der Waals surface area contributed by atoms with Crippen LogP contribution in [0.5, 0.6) is 0 Å². The summed E-state index contributed by atoms with van der Waals surface area (Å²) in [6.07, 6.45) is 3.74. The number of hydrogen-bond donors (Lipinski definition) is 1. The Hall–Kier alpha value is -2.63. The van der Waals surface area contributed by atoms with E-state index in [0.717, 1.165) is 24.2 Å². The highest BCUT2D eigenvalue weighted by molar-refractivity contribution is 5.96. The molecule has 0 radical (unpaired) electrons. The third-order valence-electron chi connectivity index (χ3n) is 4.92. The number of likely N-dealkylation sites (tertiary alicyclic amines) is 1. The van der Waals surface area contributed by atoms with Gasteiger partial charge < -0.3 is 10.0 Å². The van der Waals surface area contributed by atoms with Gasteiger partial charge in [-0.3, -0.25) is 9.59 Å². The Morgan fingerprint density at radius 2 is 2.00 bits per heavy atom. The van der Waals surface area contributed by atoms with Crippen molar-refractivity contribution in [1.29, 1.82) is 0 Å². The summed E-state index contributed by atoms with van der Waals surface area (Å²) < 4.78 is 1.81. The normalized spacial score (nSPS) is 20.0. The van der Waals surface area contributed by atoms with Gasteiger partial charge in [0, 0.05) is 12.6 Å². The van der Waals surface area contributed by atoms with Crippen molar-refractivity contribution in [2.24, 2.45) is 5.92 Å². The molecule has 6 nitrogen and oxygen atoms in total. The van der Waals surface area contributed by atoms with Crippen molar-refractivity contribution in [3.05, 3.63) is 47.8 Å². The van der Waals surface area contributed by atoms with E-state index in [0.29, 0.717) is 18.5 Å². The molecular formula is C19H23N3O3. The molecule has 1 aliphatic rings. The summed E-state index contributed by atoms with van der Waals surface area (Å²) in [5.41, 5.74) is 2.37. The number of benzene rings is 1. The molecule has 1 aromatic heterocycles. The SMILES string of the molecule is CCCc1c(C(=O)N2CCC(C(=O)O)C2C)cnn1-c1ccccc1. The van der Waals surface area contributed by atoms with Gasteiger partial charge in [0.15, 0.2) is 0 Å². The summed E-state index contributed by atoms with van der Waals surface area (Å²) in [5, 5.41) is 13.7. The van der Waals surface area contributed by atoms with Crippen molar-refractivity contribution >= 4 is 11.9 Å². The number of para-hydroxylation sites is 1. The standard InChI is InChI=1S/C19H23N3O3/c1-3-7-17-16(12-20-22(17)14-8-5-4-6-9-14)18(23)21-11-10-15(13(21)2)19(24)25/h4-6,8-9,12-13,15H,3,7,10-11H2,1-2H3,(H,24,25). The van der Waals surface area contributed by atoms with Crippen LogP contribution in [0.3, 0.4) is 0 Å². The Labute approximate surface area is 147 Å². The Balaban J connectivity index is 1.93. The highest BCUT2D eigenvalue weighted by atomic mass is 16.4. The van der Waals surface area contributed by atoms with Crippen molar-refractivity contribution in [3.63, 3.8) is 0 Å². The van der Waals surface area contributed by atoms with E-state index in [9.17, 15) is 14.7 Å². The zero-order chi connectivity index (χ0) is 18.0. The molecule has 1 N–H and O–H groups in total. The molecule has 1 saturated heterocycles. The van der Waals surface area contributed by atoms with E-state index in [1.165, 1.54) is 0 Å². The monoisotopic (exact) mass is 341 g/mol. The third kappa shape index (κ3) is 3.16. The molecule has 2 heterocycles. The van der Waals surface area contributed by atoms with Crippen molar-refractivity contribution in [1.82, 2.24) is 14.7 Å². The van der Waals surface area contributed by atoms with Gasteiger partial charge in [-0.1, -0.05) is 31.5 Å². The number of amides is 1. The smallest absolute Gasteiger partial charge is 0.308 e. The first-order valence-corrected chi connectivity index (χ1v) is 8.70. The summed E-state index contributed by atoms with van der Waals surface area (Å²) in [6, 6.07) is 9.43. The van der Waals surface area contributed by atoms with Crippen LogP contribution in [-0.4, -0.2) is 44.3 Å². The molecular weight excluding hydrogens is 318 g/mol. The van der Waals surface area contributed by atoms with Crippen LogP contribution in [0.1, 0.15) is 42.7 Å². The predicted molar refractivity (Wildman–Crippen MR) is 93.8 cm³/mol. The van der Waals surface area contributed by atoms with Crippen LogP contribution in [0, 0.1) is 5.92 Å².